The minimum atomic E-state index is -0.921. The van der Waals surface area contributed by atoms with Crippen LogP contribution in [-0.2, 0) is 4.79 Å². The number of anilines is 1. The van der Waals surface area contributed by atoms with Gasteiger partial charge in [0, 0.05) is 18.5 Å². The van der Waals surface area contributed by atoms with Gasteiger partial charge in [0.05, 0.1) is 11.6 Å². The molecule has 0 bridgehead atoms. The van der Waals surface area contributed by atoms with E-state index in [2.05, 4.69) is 10.3 Å². The van der Waals surface area contributed by atoms with Gasteiger partial charge in [-0.05, 0) is 13.8 Å². The Morgan fingerprint density at radius 1 is 1.50 bits per heavy atom. The molecule has 7 heteroatoms. The molecule has 100 valence electrons. The maximum atomic E-state index is 11.8. The van der Waals surface area contributed by atoms with Crippen LogP contribution in [0.15, 0.2) is 0 Å². The van der Waals surface area contributed by atoms with E-state index < -0.39 is 11.9 Å². The highest BCUT2D eigenvalue weighted by Crippen LogP contribution is 2.21. The molecule has 0 aliphatic rings. The van der Waals surface area contributed by atoms with Crippen LogP contribution >= 0.6 is 11.3 Å². The van der Waals surface area contributed by atoms with Crippen LogP contribution in [0.1, 0.15) is 17.5 Å². The van der Waals surface area contributed by atoms with Crippen molar-refractivity contribution in [2.24, 2.45) is 5.92 Å². The van der Waals surface area contributed by atoms with Crippen LogP contribution in [0, 0.1) is 19.8 Å². The number of hydrogen-bond acceptors (Lipinski definition) is 4. The van der Waals surface area contributed by atoms with E-state index in [4.69, 9.17) is 5.11 Å². The molecule has 1 rings (SSSR count). The molecular weight excluding hydrogens is 254 g/mol. The predicted octanol–water partition coefficient (Wildman–Crippen LogP) is 1.94. The Kier molecular flexibility index (Phi) is 4.66. The number of thiazole rings is 1. The SMILES string of the molecule is Cc1nc(NC(=O)N(C)CC(C)C(=O)O)sc1C. The summed E-state index contributed by atoms with van der Waals surface area (Å²) >= 11 is 1.40. The van der Waals surface area contributed by atoms with Gasteiger partial charge in [-0.2, -0.15) is 0 Å². The highest BCUT2D eigenvalue weighted by atomic mass is 32.1. The van der Waals surface area contributed by atoms with Gasteiger partial charge >= 0.3 is 12.0 Å². The monoisotopic (exact) mass is 271 g/mol. The summed E-state index contributed by atoms with van der Waals surface area (Å²) in [7, 11) is 1.56. The molecule has 6 nitrogen and oxygen atoms in total. The van der Waals surface area contributed by atoms with Gasteiger partial charge in [-0.3, -0.25) is 10.1 Å². The Morgan fingerprint density at radius 2 is 2.11 bits per heavy atom. The third-order valence-corrected chi connectivity index (χ3v) is 3.55. The van der Waals surface area contributed by atoms with Crippen LogP contribution in [0.5, 0.6) is 0 Å². The normalized spacial score (nSPS) is 12.0. The Morgan fingerprint density at radius 3 is 2.56 bits per heavy atom. The van der Waals surface area contributed by atoms with Gasteiger partial charge in [0.1, 0.15) is 0 Å². The van der Waals surface area contributed by atoms with E-state index in [0.717, 1.165) is 10.6 Å². The first-order chi connectivity index (χ1) is 8.31. The molecule has 0 saturated carbocycles. The smallest absolute Gasteiger partial charge is 0.323 e. The van der Waals surface area contributed by atoms with Gasteiger partial charge in [-0.1, -0.05) is 6.92 Å². The second-order valence-electron chi connectivity index (χ2n) is 4.21. The maximum absolute atomic E-state index is 11.8. The molecule has 0 fully saturated rings. The number of rotatable bonds is 4. The van der Waals surface area contributed by atoms with Crippen LogP contribution in [-0.4, -0.2) is 40.6 Å². The van der Waals surface area contributed by atoms with Gasteiger partial charge in [0.25, 0.3) is 0 Å². The molecule has 0 spiro atoms. The van der Waals surface area contributed by atoms with Crippen molar-refractivity contribution in [1.29, 1.82) is 0 Å². The number of urea groups is 1. The van der Waals surface area contributed by atoms with E-state index in [0.29, 0.717) is 5.13 Å². The quantitative estimate of drug-likeness (QED) is 0.876. The first kappa shape index (κ1) is 14.4. The molecule has 1 atom stereocenters. The molecule has 18 heavy (non-hydrogen) atoms. The highest BCUT2D eigenvalue weighted by Gasteiger charge is 2.18. The number of carboxylic acid groups (broad SMARTS) is 1. The summed E-state index contributed by atoms with van der Waals surface area (Å²) in [5.74, 6) is -1.52. The van der Waals surface area contributed by atoms with Crippen molar-refractivity contribution in [3.8, 4) is 0 Å². The average Bonchev–Trinajstić information content (AvgIpc) is 2.57. The molecule has 0 saturated heterocycles. The van der Waals surface area contributed by atoms with Crippen molar-refractivity contribution in [2.45, 2.75) is 20.8 Å². The van der Waals surface area contributed by atoms with Crippen LogP contribution in [0.4, 0.5) is 9.93 Å². The van der Waals surface area contributed by atoms with Gasteiger partial charge in [-0.25, -0.2) is 9.78 Å². The number of hydrogen-bond donors (Lipinski definition) is 2. The molecule has 1 aromatic heterocycles. The van der Waals surface area contributed by atoms with Crippen molar-refractivity contribution in [1.82, 2.24) is 9.88 Å². The first-order valence-corrected chi connectivity index (χ1v) is 6.32. The Bertz CT molecular complexity index is 439. The zero-order chi connectivity index (χ0) is 13.9. The third kappa shape index (κ3) is 3.69. The number of nitrogens with one attached hydrogen (secondary N) is 1. The number of aryl methyl sites for hydroxylation is 2. The van der Waals surface area contributed by atoms with Gasteiger partial charge < -0.3 is 10.0 Å². The predicted molar refractivity (Wildman–Crippen MR) is 70.0 cm³/mol. The van der Waals surface area contributed by atoms with Gasteiger partial charge in [0.2, 0.25) is 0 Å². The standard InChI is InChI=1S/C11H17N3O3S/c1-6(9(15)16)5-14(4)11(17)13-10-12-7(2)8(3)18-10/h6H,5H2,1-4H3,(H,15,16)(H,12,13,17). The van der Waals surface area contributed by atoms with Crippen molar-refractivity contribution >= 4 is 28.5 Å². The number of amides is 2. The fourth-order valence-corrected chi connectivity index (χ4v) is 2.09. The Balaban J connectivity index is 2.57. The molecular formula is C11H17N3O3S. The molecule has 0 aromatic carbocycles. The summed E-state index contributed by atoms with van der Waals surface area (Å²) in [4.78, 5) is 29.1. The summed E-state index contributed by atoms with van der Waals surface area (Å²) in [6.45, 7) is 5.52. The average molecular weight is 271 g/mol. The lowest BCUT2D eigenvalue weighted by atomic mass is 10.2. The molecule has 0 aliphatic heterocycles. The number of carbonyl (C=O) groups excluding carboxylic acids is 1. The maximum Gasteiger partial charge on any atom is 0.323 e. The summed E-state index contributed by atoms with van der Waals surface area (Å²) < 4.78 is 0. The molecule has 1 unspecified atom stereocenters. The second-order valence-corrected chi connectivity index (χ2v) is 5.41. The summed E-state index contributed by atoms with van der Waals surface area (Å²) in [6.07, 6.45) is 0. The summed E-state index contributed by atoms with van der Waals surface area (Å²) in [6, 6.07) is -0.350. The third-order valence-electron chi connectivity index (χ3n) is 2.56. The van der Waals surface area contributed by atoms with Gasteiger partial charge in [-0.15, -0.1) is 11.3 Å². The van der Waals surface area contributed by atoms with Crippen LogP contribution < -0.4 is 5.32 Å². The molecule has 0 radical (unpaired) electrons. The van der Waals surface area contributed by atoms with Crippen LogP contribution in [0.2, 0.25) is 0 Å². The van der Waals surface area contributed by atoms with E-state index in [9.17, 15) is 9.59 Å². The van der Waals surface area contributed by atoms with Crippen molar-refractivity contribution in [3.05, 3.63) is 10.6 Å². The number of nitrogens with zero attached hydrogens (tertiary/aromatic N) is 2. The van der Waals surface area contributed by atoms with E-state index in [1.165, 1.54) is 16.2 Å². The Labute approximate surface area is 110 Å². The van der Waals surface area contributed by atoms with Gasteiger partial charge in [0.15, 0.2) is 5.13 Å². The number of aliphatic carboxylic acids is 1. The van der Waals surface area contributed by atoms with Crippen LogP contribution in [0.3, 0.4) is 0 Å². The van der Waals surface area contributed by atoms with E-state index in [-0.39, 0.29) is 12.6 Å². The van der Waals surface area contributed by atoms with E-state index in [1.807, 2.05) is 13.8 Å². The number of aromatic nitrogens is 1. The lowest BCUT2D eigenvalue weighted by molar-refractivity contribution is -0.141. The fraction of sp³-hybridized carbons (Fsp3) is 0.545. The fourth-order valence-electron chi connectivity index (χ4n) is 1.28. The van der Waals surface area contributed by atoms with Crippen molar-refractivity contribution in [3.63, 3.8) is 0 Å². The minimum absolute atomic E-state index is 0.157. The van der Waals surface area contributed by atoms with E-state index >= 15 is 0 Å². The lowest BCUT2D eigenvalue weighted by Gasteiger charge is -2.19. The van der Waals surface area contributed by atoms with Crippen LogP contribution in [0.25, 0.3) is 0 Å². The zero-order valence-electron chi connectivity index (χ0n) is 10.9. The summed E-state index contributed by atoms with van der Waals surface area (Å²) in [5.41, 5.74) is 0.886. The van der Waals surface area contributed by atoms with E-state index in [1.54, 1.807) is 14.0 Å². The lowest BCUT2D eigenvalue weighted by Crippen LogP contribution is -2.36. The highest BCUT2D eigenvalue weighted by molar-refractivity contribution is 7.15. The topological polar surface area (TPSA) is 82.5 Å². The molecule has 1 heterocycles. The minimum Gasteiger partial charge on any atom is -0.481 e. The largest absolute Gasteiger partial charge is 0.481 e. The number of carboxylic acids is 1. The number of carbonyl (C=O) groups is 2. The molecule has 0 aliphatic carbocycles. The Hall–Kier alpha value is -1.63. The van der Waals surface area contributed by atoms with Crippen molar-refractivity contribution in [2.75, 3.05) is 18.9 Å². The molecule has 2 amide bonds. The second kappa shape index (κ2) is 5.81. The molecule has 2 N–H and O–H groups in total. The summed E-state index contributed by atoms with van der Waals surface area (Å²) in [5, 5.41) is 12.0. The van der Waals surface area contributed by atoms with Crippen molar-refractivity contribution < 1.29 is 14.7 Å². The molecule has 1 aromatic rings. The zero-order valence-corrected chi connectivity index (χ0v) is 11.7. The first-order valence-electron chi connectivity index (χ1n) is 5.50.